The van der Waals surface area contributed by atoms with E-state index in [4.69, 9.17) is 26.1 Å². The smallest absolute Gasteiger partial charge is 0.145 e. The molecule has 0 fully saturated rings. The molecule has 2 heterocycles. The predicted molar refractivity (Wildman–Crippen MR) is 80.8 cm³/mol. The van der Waals surface area contributed by atoms with Crippen LogP contribution in [0.4, 0.5) is 5.69 Å². The number of hydrogen-bond acceptors (Lipinski definition) is 4. The van der Waals surface area contributed by atoms with Gasteiger partial charge in [0.1, 0.15) is 11.3 Å². The van der Waals surface area contributed by atoms with Gasteiger partial charge in [0.25, 0.3) is 0 Å². The van der Waals surface area contributed by atoms with E-state index >= 15 is 0 Å². The van der Waals surface area contributed by atoms with Crippen molar-refractivity contribution in [1.82, 2.24) is 4.98 Å². The second kappa shape index (κ2) is 5.46. The van der Waals surface area contributed by atoms with Crippen LogP contribution in [0.1, 0.15) is 18.2 Å². The Morgan fingerprint density at radius 3 is 3.05 bits per heavy atom. The first-order chi connectivity index (χ1) is 9.76. The summed E-state index contributed by atoms with van der Waals surface area (Å²) in [5, 5.41) is 5.00. The maximum Gasteiger partial charge on any atom is 0.145 e. The fourth-order valence-corrected chi connectivity index (χ4v) is 2.88. The molecular weight excluding hydrogens is 276 g/mol. The van der Waals surface area contributed by atoms with Crippen molar-refractivity contribution in [3.05, 3.63) is 28.4 Å². The molecule has 0 amide bonds. The Labute approximate surface area is 123 Å². The molecule has 4 nitrogen and oxygen atoms in total. The highest BCUT2D eigenvalue weighted by atomic mass is 35.5. The van der Waals surface area contributed by atoms with Gasteiger partial charge in [-0.3, -0.25) is 0 Å². The maximum absolute atomic E-state index is 6.39. The van der Waals surface area contributed by atoms with Gasteiger partial charge in [-0.05, 0) is 19.1 Å². The Hall–Kier alpha value is -1.52. The van der Waals surface area contributed by atoms with Crippen LogP contribution in [-0.2, 0) is 17.8 Å². The Morgan fingerprint density at radius 2 is 2.30 bits per heavy atom. The van der Waals surface area contributed by atoms with Crippen LogP contribution < -0.4 is 10.1 Å². The summed E-state index contributed by atoms with van der Waals surface area (Å²) in [7, 11) is 1.65. The van der Waals surface area contributed by atoms with E-state index in [0.717, 1.165) is 46.6 Å². The van der Waals surface area contributed by atoms with Crippen molar-refractivity contribution < 1.29 is 9.47 Å². The highest BCUT2D eigenvalue weighted by Gasteiger charge is 2.21. The minimum Gasteiger partial charge on any atom is -0.494 e. The Morgan fingerprint density at radius 1 is 1.45 bits per heavy atom. The number of nitrogens with one attached hydrogen (secondary N) is 1. The molecule has 0 saturated carbocycles. The molecule has 2 aromatic rings. The van der Waals surface area contributed by atoms with E-state index in [1.165, 1.54) is 0 Å². The van der Waals surface area contributed by atoms with Crippen LogP contribution in [0.2, 0.25) is 5.02 Å². The number of benzene rings is 1. The summed E-state index contributed by atoms with van der Waals surface area (Å²) in [4.78, 5) is 4.76. The monoisotopic (exact) mass is 292 g/mol. The zero-order valence-electron chi connectivity index (χ0n) is 11.6. The number of rotatable bonds is 3. The third-order valence-corrected chi connectivity index (χ3v) is 3.85. The minimum absolute atomic E-state index is 0.578. The van der Waals surface area contributed by atoms with E-state index in [9.17, 15) is 0 Å². The van der Waals surface area contributed by atoms with Crippen molar-refractivity contribution in [3.8, 4) is 5.75 Å². The van der Waals surface area contributed by atoms with Gasteiger partial charge in [0.15, 0.2) is 0 Å². The fraction of sp³-hybridized carbons (Fsp3) is 0.400. The molecule has 0 radical (unpaired) electrons. The number of halogens is 1. The molecule has 1 aliphatic heterocycles. The van der Waals surface area contributed by atoms with Crippen LogP contribution in [0.5, 0.6) is 5.75 Å². The third-order valence-electron chi connectivity index (χ3n) is 3.54. The quantitative estimate of drug-likeness (QED) is 0.941. The lowest BCUT2D eigenvalue weighted by Gasteiger charge is -2.22. The van der Waals surface area contributed by atoms with Crippen molar-refractivity contribution in [2.75, 3.05) is 25.6 Å². The molecule has 1 aliphatic rings. The first-order valence-electron chi connectivity index (χ1n) is 6.75. The van der Waals surface area contributed by atoms with Gasteiger partial charge in [0, 0.05) is 23.9 Å². The summed E-state index contributed by atoms with van der Waals surface area (Å²) < 4.78 is 11.0. The Balaban J connectivity index is 2.38. The van der Waals surface area contributed by atoms with Crippen LogP contribution >= 0.6 is 11.6 Å². The number of nitrogens with zero attached hydrogens (tertiary/aromatic N) is 1. The number of methoxy groups -OCH3 is 1. The van der Waals surface area contributed by atoms with E-state index in [0.29, 0.717) is 18.2 Å². The average molecular weight is 293 g/mol. The van der Waals surface area contributed by atoms with Gasteiger partial charge in [-0.25, -0.2) is 4.98 Å². The second-order valence-electron chi connectivity index (χ2n) is 4.72. The van der Waals surface area contributed by atoms with Crippen molar-refractivity contribution in [3.63, 3.8) is 0 Å². The number of ether oxygens (including phenoxy) is 2. The van der Waals surface area contributed by atoms with E-state index in [2.05, 4.69) is 12.2 Å². The molecule has 5 heteroatoms. The fourth-order valence-electron chi connectivity index (χ4n) is 2.64. The van der Waals surface area contributed by atoms with Gasteiger partial charge < -0.3 is 14.8 Å². The zero-order chi connectivity index (χ0) is 14.1. The van der Waals surface area contributed by atoms with Crippen LogP contribution in [0, 0.1) is 0 Å². The van der Waals surface area contributed by atoms with Gasteiger partial charge in [0.05, 0.1) is 36.7 Å². The van der Waals surface area contributed by atoms with E-state index in [1.54, 1.807) is 7.11 Å². The molecule has 3 rings (SSSR count). The maximum atomic E-state index is 6.39. The molecule has 0 atom stereocenters. The molecule has 1 aromatic carbocycles. The minimum atomic E-state index is 0.578. The lowest BCUT2D eigenvalue weighted by atomic mass is 10.0. The summed E-state index contributed by atoms with van der Waals surface area (Å²) in [6.45, 7) is 4.17. The summed E-state index contributed by atoms with van der Waals surface area (Å²) in [6, 6.07) is 3.71. The van der Waals surface area contributed by atoms with Gasteiger partial charge >= 0.3 is 0 Å². The topological polar surface area (TPSA) is 43.4 Å². The molecule has 0 unspecified atom stereocenters. The largest absolute Gasteiger partial charge is 0.494 e. The Kier molecular flexibility index (Phi) is 3.68. The standard InChI is InChI=1S/C15H17ClN2O2/c1-3-17-14-9-8-20-7-6-11(9)18-15-12(19-2)5-4-10(16)13(14)15/h4-5H,3,6-8H2,1-2H3,(H,17,18). The van der Waals surface area contributed by atoms with Crippen LogP contribution in [0.15, 0.2) is 12.1 Å². The molecule has 1 N–H and O–H groups in total. The van der Waals surface area contributed by atoms with E-state index in [-0.39, 0.29) is 0 Å². The van der Waals surface area contributed by atoms with Crippen molar-refractivity contribution in [1.29, 1.82) is 0 Å². The van der Waals surface area contributed by atoms with Gasteiger partial charge in [-0.15, -0.1) is 0 Å². The van der Waals surface area contributed by atoms with E-state index in [1.807, 2.05) is 12.1 Å². The zero-order valence-corrected chi connectivity index (χ0v) is 12.4. The third kappa shape index (κ3) is 2.09. The highest BCUT2D eigenvalue weighted by Crippen LogP contribution is 2.39. The molecular formula is C15H17ClN2O2. The molecule has 106 valence electrons. The first-order valence-corrected chi connectivity index (χ1v) is 7.13. The normalized spacial score (nSPS) is 14.2. The number of hydrogen-bond donors (Lipinski definition) is 1. The first kappa shape index (κ1) is 13.5. The summed E-state index contributed by atoms with van der Waals surface area (Å²) in [5.74, 6) is 0.748. The summed E-state index contributed by atoms with van der Waals surface area (Å²) >= 11 is 6.39. The molecule has 1 aromatic heterocycles. The number of pyridine rings is 1. The molecule has 0 saturated heterocycles. The van der Waals surface area contributed by atoms with Crippen LogP contribution in [0.3, 0.4) is 0 Å². The van der Waals surface area contributed by atoms with Crippen molar-refractivity contribution in [2.45, 2.75) is 20.0 Å². The summed E-state index contributed by atoms with van der Waals surface area (Å²) in [6.07, 6.45) is 0.819. The molecule has 0 bridgehead atoms. The predicted octanol–water partition coefficient (Wildman–Crippen LogP) is 3.40. The lowest BCUT2D eigenvalue weighted by molar-refractivity contribution is 0.110. The van der Waals surface area contributed by atoms with Gasteiger partial charge in [-0.1, -0.05) is 11.6 Å². The van der Waals surface area contributed by atoms with Crippen molar-refractivity contribution in [2.24, 2.45) is 0 Å². The van der Waals surface area contributed by atoms with Crippen LogP contribution in [0.25, 0.3) is 10.9 Å². The Bertz CT molecular complexity index is 658. The SMILES string of the molecule is CCNc1c2c(nc3c(OC)ccc(Cl)c13)CCOC2. The molecule has 0 aliphatic carbocycles. The lowest BCUT2D eigenvalue weighted by Crippen LogP contribution is -2.15. The van der Waals surface area contributed by atoms with Crippen LogP contribution in [-0.4, -0.2) is 25.2 Å². The number of aromatic nitrogens is 1. The second-order valence-corrected chi connectivity index (χ2v) is 5.13. The molecule has 0 spiro atoms. The number of fused-ring (bicyclic) bond motifs is 2. The van der Waals surface area contributed by atoms with Gasteiger partial charge in [0.2, 0.25) is 0 Å². The van der Waals surface area contributed by atoms with Crippen molar-refractivity contribution >= 4 is 28.2 Å². The average Bonchev–Trinajstić information content (AvgIpc) is 2.47. The molecule has 20 heavy (non-hydrogen) atoms. The van der Waals surface area contributed by atoms with E-state index < -0.39 is 0 Å². The summed E-state index contributed by atoms with van der Waals surface area (Å²) in [5.41, 5.74) is 4.02. The van der Waals surface area contributed by atoms with Gasteiger partial charge in [-0.2, -0.15) is 0 Å². The number of anilines is 1. The highest BCUT2D eigenvalue weighted by molar-refractivity contribution is 6.36.